The van der Waals surface area contributed by atoms with Gasteiger partial charge < -0.3 is 10.6 Å². The number of nitrogens with zero attached hydrogens (tertiary/aromatic N) is 2. The van der Waals surface area contributed by atoms with Crippen molar-refractivity contribution in [2.75, 3.05) is 26.2 Å². The minimum absolute atomic E-state index is 0.137. The Morgan fingerprint density at radius 3 is 1.12 bits per heavy atom. The van der Waals surface area contributed by atoms with E-state index in [9.17, 15) is 38.4 Å². The number of carbonyl (C=O) groups excluding carboxylic acids is 8. The summed E-state index contributed by atoms with van der Waals surface area (Å²) >= 11 is 0. The third-order valence-electron chi connectivity index (χ3n) is 12.1. The highest BCUT2D eigenvalue weighted by atomic mass is 16.2. The van der Waals surface area contributed by atoms with Crippen molar-refractivity contribution in [1.82, 2.24) is 20.4 Å². The van der Waals surface area contributed by atoms with Gasteiger partial charge in [0.1, 0.15) is 0 Å². The van der Waals surface area contributed by atoms with Crippen LogP contribution in [0.1, 0.15) is 119 Å². The quantitative estimate of drug-likeness (QED) is 0.143. The molecule has 10 rings (SSSR count). The third kappa shape index (κ3) is 5.17. The minimum atomic E-state index is -0.589. The molecular formula is C48H34N4O8. The molecule has 60 heavy (non-hydrogen) atoms. The van der Waals surface area contributed by atoms with Crippen molar-refractivity contribution in [2.45, 2.75) is 25.9 Å². The molecule has 0 spiro atoms. The fraction of sp³-hybridized carbons (Fsp3) is 0.167. The summed E-state index contributed by atoms with van der Waals surface area (Å²) in [5.74, 6) is -3.47. The lowest BCUT2D eigenvalue weighted by Gasteiger charge is -2.33. The predicted molar refractivity (Wildman–Crippen MR) is 220 cm³/mol. The van der Waals surface area contributed by atoms with Gasteiger partial charge in [0.15, 0.2) is 23.1 Å². The lowest BCUT2D eigenvalue weighted by atomic mass is 9.78. The molecule has 0 fully saturated rings. The molecule has 0 unspecified atom stereocenters. The average Bonchev–Trinajstić information content (AvgIpc) is 3.26. The lowest BCUT2D eigenvalue weighted by Crippen LogP contribution is -2.51. The maximum atomic E-state index is 14.1. The molecule has 2 heterocycles. The van der Waals surface area contributed by atoms with Crippen molar-refractivity contribution in [1.29, 1.82) is 0 Å². The van der Waals surface area contributed by atoms with Crippen LogP contribution >= 0.6 is 0 Å². The molecule has 0 radical (unpaired) electrons. The van der Waals surface area contributed by atoms with E-state index in [1.165, 1.54) is 21.9 Å². The van der Waals surface area contributed by atoms with E-state index in [2.05, 4.69) is 10.6 Å². The zero-order valence-electron chi connectivity index (χ0n) is 32.4. The fourth-order valence-electron chi connectivity index (χ4n) is 9.31. The molecule has 4 amide bonds. The van der Waals surface area contributed by atoms with E-state index in [1.807, 2.05) is 0 Å². The Balaban J connectivity index is 0.807. The Bertz CT molecular complexity index is 2850. The van der Waals surface area contributed by atoms with Gasteiger partial charge in [-0.3, -0.25) is 48.2 Å². The van der Waals surface area contributed by atoms with Gasteiger partial charge in [0.05, 0.1) is 0 Å². The SMILES string of the molecule is C[C@H](CNCCNC[C@@H](C)N1C(=O)c2cccc3c4c(cc(c23)C1=O)C(=O)c1ccccc1C4=O)N1C(=O)c2cccc3c4c(cc(c23)C1=O)C(=O)c1ccccc1C4=O. The van der Waals surface area contributed by atoms with Crippen LogP contribution in [-0.4, -0.2) is 94.8 Å². The molecule has 0 bridgehead atoms. The first-order chi connectivity index (χ1) is 29.0. The summed E-state index contributed by atoms with van der Waals surface area (Å²) in [5.41, 5.74) is 2.71. The second kappa shape index (κ2) is 13.7. The van der Waals surface area contributed by atoms with Crippen molar-refractivity contribution in [3.8, 4) is 0 Å². The Morgan fingerprint density at radius 2 is 0.733 bits per heavy atom. The van der Waals surface area contributed by atoms with Crippen LogP contribution in [0.15, 0.2) is 97.1 Å². The van der Waals surface area contributed by atoms with E-state index < -0.39 is 35.7 Å². The van der Waals surface area contributed by atoms with Gasteiger partial charge in [0.25, 0.3) is 23.6 Å². The summed E-state index contributed by atoms with van der Waals surface area (Å²) in [6, 6.07) is 24.8. The molecule has 0 aromatic heterocycles. The van der Waals surface area contributed by atoms with Crippen molar-refractivity contribution >= 4 is 68.3 Å². The number of carbonyl (C=O) groups is 8. The molecule has 2 aliphatic carbocycles. The van der Waals surface area contributed by atoms with E-state index in [4.69, 9.17) is 0 Å². The summed E-state index contributed by atoms with van der Waals surface area (Å²) in [4.78, 5) is 113. The normalized spacial score (nSPS) is 16.3. The fourth-order valence-corrected chi connectivity index (χ4v) is 9.31. The second-order valence-electron chi connectivity index (χ2n) is 15.6. The number of ketones is 4. The van der Waals surface area contributed by atoms with Crippen molar-refractivity contribution in [3.05, 3.63) is 164 Å². The molecule has 2 atom stereocenters. The van der Waals surface area contributed by atoms with Crippen molar-refractivity contribution < 1.29 is 38.4 Å². The van der Waals surface area contributed by atoms with Crippen LogP contribution < -0.4 is 10.6 Å². The van der Waals surface area contributed by atoms with E-state index in [1.54, 1.807) is 98.8 Å². The van der Waals surface area contributed by atoms with Crippen LogP contribution in [0.4, 0.5) is 0 Å². The number of benzene rings is 6. The molecule has 12 heteroatoms. The first-order valence-corrected chi connectivity index (χ1v) is 19.7. The average molecular weight is 795 g/mol. The molecule has 2 N–H and O–H groups in total. The maximum Gasteiger partial charge on any atom is 0.261 e. The summed E-state index contributed by atoms with van der Waals surface area (Å²) in [5, 5.41) is 8.06. The Morgan fingerprint density at radius 1 is 0.400 bits per heavy atom. The molecular weight excluding hydrogens is 761 g/mol. The predicted octanol–water partition coefficient (Wildman–Crippen LogP) is 5.39. The summed E-state index contributed by atoms with van der Waals surface area (Å²) < 4.78 is 0. The first-order valence-electron chi connectivity index (χ1n) is 19.7. The van der Waals surface area contributed by atoms with E-state index in [0.29, 0.717) is 34.6 Å². The number of fused-ring (bicyclic) bond motifs is 6. The molecule has 294 valence electrons. The van der Waals surface area contributed by atoms with Gasteiger partial charge in [0.2, 0.25) is 0 Å². The molecule has 12 nitrogen and oxygen atoms in total. The first kappa shape index (κ1) is 37.0. The second-order valence-corrected chi connectivity index (χ2v) is 15.6. The van der Waals surface area contributed by atoms with Gasteiger partial charge in [-0.25, -0.2) is 0 Å². The monoisotopic (exact) mass is 794 g/mol. The zero-order valence-corrected chi connectivity index (χ0v) is 32.4. The van der Waals surface area contributed by atoms with Gasteiger partial charge in [0, 0.05) is 116 Å². The third-order valence-corrected chi connectivity index (χ3v) is 12.1. The molecule has 2 aliphatic heterocycles. The van der Waals surface area contributed by atoms with Crippen LogP contribution in [0.25, 0.3) is 21.5 Å². The summed E-state index contributed by atoms with van der Waals surface area (Å²) in [7, 11) is 0. The van der Waals surface area contributed by atoms with Gasteiger partial charge in [-0.05, 0) is 48.9 Å². The van der Waals surface area contributed by atoms with Crippen LogP contribution in [0.3, 0.4) is 0 Å². The van der Waals surface area contributed by atoms with Crippen molar-refractivity contribution in [3.63, 3.8) is 0 Å². The number of rotatable bonds is 9. The van der Waals surface area contributed by atoms with E-state index in [0.717, 1.165) is 0 Å². The minimum Gasteiger partial charge on any atom is -0.313 e. The molecule has 6 aromatic carbocycles. The Kier molecular flexibility index (Phi) is 8.42. The topological polar surface area (TPSA) is 167 Å². The summed E-state index contributed by atoms with van der Waals surface area (Å²) in [6.07, 6.45) is 0. The number of hydrogen-bond donors (Lipinski definition) is 2. The van der Waals surface area contributed by atoms with Gasteiger partial charge in [-0.1, -0.05) is 72.8 Å². The maximum absolute atomic E-state index is 14.1. The molecule has 6 aromatic rings. The van der Waals surface area contributed by atoms with Gasteiger partial charge in [-0.15, -0.1) is 0 Å². The van der Waals surface area contributed by atoms with Crippen LogP contribution in [0.2, 0.25) is 0 Å². The smallest absolute Gasteiger partial charge is 0.261 e. The largest absolute Gasteiger partial charge is 0.313 e. The van der Waals surface area contributed by atoms with Crippen LogP contribution in [0, 0.1) is 0 Å². The Hall–Kier alpha value is -7.28. The van der Waals surface area contributed by atoms with Gasteiger partial charge >= 0.3 is 0 Å². The molecule has 4 aliphatic rings. The van der Waals surface area contributed by atoms with Gasteiger partial charge in [-0.2, -0.15) is 0 Å². The van der Waals surface area contributed by atoms with Crippen LogP contribution in [-0.2, 0) is 0 Å². The summed E-state index contributed by atoms with van der Waals surface area (Å²) in [6.45, 7) is 4.81. The van der Waals surface area contributed by atoms with Crippen molar-refractivity contribution in [2.24, 2.45) is 0 Å². The molecule has 0 saturated heterocycles. The highest BCUT2D eigenvalue weighted by molar-refractivity contribution is 6.37. The van der Waals surface area contributed by atoms with Crippen LogP contribution in [0.5, 0.6) is 0 Å². The standard InChI is InChI=1S/C48H34N4O8/c1-23(51-45(57)31-15-7-13-29-37(31)35(47(51)59)19-33-39(29)43(55)27-11-5-3-9-25(27)41(33)53)21-49-17-18-50-22-24(2)52-46(58)32-16-8-14-30-38(32)36(48(52)60)20-34-40(30)44(56)28-12-6-4-10-26(28)42(34)54/h3-16,19-20,23-24,49-50H,17-18,21-22H2,1-2H3/t23-,24-/m1/s1. The highest BCUT2D eigenvalue weighted by Crippen LogP contribution is 2.41. The number of amides is 4. The number of imide groups is 2. The molecule has 0 saturated carbocycles. The zero-order chi connectivity index (χ0) is 41.7. The Labute approximate surface area is 342 Å². The van der Waals surface area contributed by atoms with E-state index >= 15 is 0 Å². The number of hydrogen-bond acceptors (Lipinski definition) is 10. The van der Waals surface area contributed by atoms with E-state index in [-0.39, 0.29) is 103 Å². The lowest BCUT2D eigenvalue weighted by molar-refractivity contribution is 0.0532. The number of nitrogens with one attached hydrogen (secondary N) is 2. The highest BCUT2D eigenvalue weighted by Gasteiger charge is 2.42.